The van der Waals surface area contributed by atoms with Crippen LogP contribution < -0.4 is 4.74 Å². The van der Waals surface area contributed by atoms with Gasteiger partial charge in [0.25, 0.3) is 0 Å². The number of hydrogen-bond acceptors (Lipinski definition) is 7. The monoisotopic (exact) mass is 630 g/mol. The zero-order chi connectivity index (χ0) is 33.6. The fourth-order valence-corrected chi connectivity index (χ4v) is 5.66. The molecule has 0 saturated heterocycles. The van der Waals surface area contributed by atoms with E-state index >= 15 is 0 Å². The van der Waals surface area contributed by atoms with E-state index in [2.05, 4.69) is 0 Å². The van der Waals surface area contributed by atoms with Crippen molar-refractivity contribution in [2.24, 2.45) is 0 Å². The Balaban J connectivity index is 1.68. The van der Waals surface area contributed by atoms with Crippen LogP contribution in [-0.2, 0) is 0 Å². The first kappa shape index (κ1) is 30.2. The average Bonchev–Trinajstić information content (AvgIpc) is 3.06. The lowest BCUT2D eigenvalue weighted by atomic mass is 9.91. The Bertz CT molecular complexity index is 2120. The highest BCUT2D eigenvalue weighted by Gasteiger charge is 2.30. The molecule has 0 saturated carbocycles. The second kappa shape index (κ2) is 11.6. The van der Waals surface area contributed by atoms with Crippen LogP contribution in [0.25, 0.3) is 43.8 Å². The van der Waals surface area contributed by atoms with E-state index in [0.717, 1.165) is 0 Å². The zero-order valence-electron chi connectivity index (χ0n) is 24.0. The highest BCUT2D eigenvalue weighted by molar-refractivity contribution is 6.16. The molecule has 0 heterocycles. The Morgan fingerprint density at radius 3 is 1.04 bits per heavy atom. The Morgan fingerprint density at radius 1 is 0.426 bits per heavy atom. The first-order valence-corrected chi connectivity index (χ1v) is 13.9. The van der Waals surface area contributed by atoms with Gasteiger partial charge in [0.2, 0.25) is 0 Å². The predicted molar refractivity (Wildman–Crippen MR) is 170 cm³/mol. The predicted octanol–water partition coefficient (Wildman–Crippen LogP) is 7.32. The van der Waals surface area contributed by atoms with Crippen molar-refractivity contribution in [1.82, 2.24) is 0 Å². The maximum Gasteiger partial charge on any atom is 0.337 e. The first-order chi connectivity index (χ1) is 22.5. The van der Waals surface area contributed by atoms with Crippen molar-refractivity contribution < 1.29 is 54.6 Å². The molecular weight excluding hydrogens is 608 g/mol. The molecule has 0 spiro atoms. The van der Waals surface area contributed by atoms with E-state index in [1.165, 1.54) is 72.8 Å². The van der Waals surface area contributed by atoms with E-state index in [4.69, 9.17) is 4.74 Å². The third-order valence-corrected chi connectivity index (χ3v) is 7.76. The average molecular weight is 631 g/mol. The number of benzene rings is 6. The number of carboxylic acid groups (broad SMARTS) is 4. The molecule has 0 bridgehead atoms. The van der Waals surface area contributed by atoms with E-state index in [1.807, 2.05) is 0 Å². The van der Waals surface area contributed by atoms with Crippen molar-refractivity contribution in [3.8, 4) is 45.3 Å². The minimum Gasteiger partial charge on any atom is -0.504 e. The summed E-state index contributed by atoms with van der Waals surface area (Å²) in [7, 11) is 0. The number of fused-ring (bicyclic) bond motifs is 2. The molecule has 6 N–H and O–H groups in total. The Kier molecular flexibility index (Phi) is 7.42. The molecule has 0 aliphatic carbocycles. The Hall–Kier alpha value is -6.88. The molecule has 6 aromatic rings. The maximum absolute atomic E-state index is 12.6. The molecule has 232 valence electrons. The van der Waals surface area contributed by atoms with E-state index in [9.17, 15) is 49.8 Å². The van der Waals surface area contributed by atoms with Crippen molar-refractivity contribution >= 4 is 45.4 Å². The number of ether oxygens (including phenoxy) is 1. The van der Waals surface area contributed by atoms with Crippen molar-refractivity contribution in [3.05, 3.63) is 119 Å². The Morgan fingerprint density at radius 2 is 0.745 bits per heavy atom. The highest BCUT2D eigenvalue weighted by Crippen LogP contribution is 2.53. The van der Waals surface area contributed by atoms with Gasteiger partial charge in [-0.25, -0.2) is 19.2 Å². The summed E-state index contributed by atoms with van der Waals surface area (Å²) < 4.78 is 6.31. The summed E-state index contributed by atoms with van der Waals surface area (Å²) >= 11 is 0. The highest BCUT2D eigenvalue weighted by atomic mass is 16.5. The smallest absolute Gasteiger partial charge is 0.337 e. The number of aromatic carboxylic acids is 4. The molecule has 0 radical (unpaired) electrons. The second-order valence-electron chi connectivity index (χ2n) is 10.4. The van der Waals surface area contributed by atoms with Crippen molar-refractivity contribution in [2.75, 3.05) is 0 Å². The van der Waals surface area contributed by atoms with Gasteiger partial charge < -0.3 is 35.4 Å². The van der Waals surface area contributed by atoms with Gasteiger partial charge in [-0.1, -0.05) is 72.8 Å². The largest absolute Gasteiger partial charge is 0.504 e. The van der Waals surface area contributed by atoms with E-state index in [0.29, 0.717) is 0 Å². The molecule has 0 fully saturated rings. The van der Waals surface area contributed by atoms with Gasteiger partial charge in [-0.2, -0.15) is 0 Å². The maximum atomic E-state index is 12.6. The molecule has 6 aromatic carbocycles. The number of aromatic hydroxyl groups is 2. The quantitative estimate of drug-likeness (QED) is 0.0984. The van der Waals surface area contributed by atoms with Crippen LogP contribution in [0.3, 0.4) is 0 Å². The molecule has 0 aromatic heterocycles. The molecule has 11 nitrogen and oxygen atoms in total. The summed E-state index contributed by atoms with van der Waals surface area (Å²) in [6, 6.07) is 22.7. The zero-order valence-corrected chi connectivity index (χ0v) is 24.0. The van der Waals surface area contributed by atoms with Gasteiger partial charge in [0, 0.05) is 32.7 Å². The molecule has 11 heteroatoms. The van der Waals surface area contributed by atoms with Crippen LogP contribution in [0.4, 0.5) is 0 Å². The topological polar surface area (TPSA) is 199 Å². The lowest BCUT2D eigenvalue weighted by Crippen LogP contribution is -2.05. The van der Waals surface area contributed by atoms with E-state index in [-0.39, 0.29) is 77.6 Å². The minimum atomic E-state index is -1.38. The van der Waals surface area contributed by atoms with Crippen molar-refractivity contribution in [1.29, 1.82) is 0 Å². The number of rotatable bonds is 8. The third-order valence-electron chi connectivity index (χ3n) is 7.76. The third kappa shape index (κ3) is 5.07. The van der Waals surface area contributed by atoms with Gasteiger partial charge >= 0.3 is 23.9 Å². The van der Waals surface area contributed by atoms with Crippen LogP contribution in [0.15, 0.2) is 97.1 Å². The lowest BCUT2D eigenvalue weighted by molar-refractivity contribution is 0.0686. The molecular formula is C36H22O11. The van der Waals surface area contributed by atoms with Gasteiger partial charge in [-0.15, -0.1) is 0 Å². The molecule has 6 rings (SSSR count). The fourth-order valence-electron chi connectivity index (χ4n) is 5.66. The molecule has 0 atom stereocenters. The van der Waals surface area contributed by atoms with Gasteiger partial charge in [-0.3, -0.25) is 0 Å². The number of carbonyl (C=O) groups is 4. The minimum absolute atomic E-state index is 0.0683. The van der Waals surface area contributed by atoms with Gasteiger partial charge in [0.15, 0.2) is 23.0 Å². The normalized spacial score (nSPS) is 11.0. The van der Waals surface area contributed by atoms with Crippen LogP contribution in [0.2, 0.25) is 0 Å². The number of carboxylic acids is 4. The van der Waals surface area contributed by atoms with Gasteiger partial charge in [0.1, 0.15) is 0 Å². The van der Waals surface area contributed by atoms with E-state index in [1.54, 1.807) is 24.3 Å². The summed E-state index contributed by atoms with van der Waals surface area (Å²) in [6.07, 6.45) is 0. The SMILES string of the molecule is O=C(O)c1ccc(-c2c(O)c(Oc3c(O)c(-c4ccc(C(=O)O)cc4)c(C(=O)O)c4ccccc34)c3ccccc3c2C(=O)O)cc1. The molecule has 0 amide bonds. The van der Waals surface area contributed by atoms with Crippen LogP contribution in [0, 0.1) is 0 Å². The molecule has 0 unspecified atom stereocenters. The summed E-state index contributed by atoms with van der Waals surface area (Å²) in [5.74, 6) is -6.98. The first-order valence-electron chi connectivity index (χ1n) is 13.9. The fraction of sp³-hybridized carbons (Fsp3) is 0. The van der Waals surface area contributed by atoms with Crippen LogP contribution in [0.1, 0.15) is 41.4 Å². The molecule has 0 aliphatic rings. The van der Waals surface area contributed by atoms with Gasteiger partial charge in [-0.05, 0) is 35.4 Å². The Labute approximate surface area is 264 Å². The molecule has 47 heavy (non-hydrogen) atoms. The van der Waals surface area contributed by atoms with Crippen LogP contribution in [-0.4, -0.2) is 54.5 Å². The molecule has 0 aliphatic heterocycles. The summed E-state index contributed by atoms with van der Waals surface area (Å²) in [6.45, 7) is 0. The second-order valence-corrected chi connectivity index (χ2v) is 10.4. The van der Waals surface area contributed by atoms with E-state index < -0.39 is 35.4 Å². The standard InChI is InChI=1S/C36H22O11/c37-29-25(17-9-13-19(14-10-17)33(39)40)27(35(43)44)21-5-1-3-7-23(21)31(29)47-32-24-8-4-2-6-22(24)28(36(45)46)26(30(32)38)18-11-15-20(16-12-18)34(41)42/h1-16,37-38H,(H,39,40)(H,41,42)(H,43,44)(H,45,46). The summed E-state index contributed by atoms with van der Waals surface area (Å²) in [5, 5.41) is 63.4. The lowest BCUT2D eigenvalue weighted by Gasteiger charge is -2.21. The van der Waals surface area contributed by atoms with Crippen LogP contribution in [0.5, 0.6) is 23.0 Å². The number of phenolic OH excluding ortho intramolecular Hbond substituents is 2. The van der Waals surface area contributed by atoms with Crippen molar-refractivity contribution in [3.63, 3.8) is 0 Å². The van der Waals surface area contributed by atoms with Gasteiger partial charge in [0.05, 0.1) is 22.3 Å². The number of phenols is 2. The van der Waals surface area contributed by atoms with Crippen LogP contribution >= 0.6 is 0 Å². The number of hydrogen-bond donors (Lipinski definition) is 6. The van der Waals surface area contributed by atoms with Crippen molar-refractivity contribution in [2.45, 2.75) is 0 Å². The summed E-state index contributed by atoms with van der Waals surface area (Å²) in [4.78, 5) is 48.2. The summed E-state index contributed by atoms with van der Waals surface area (Å²) in [5.41, 5.74) is -0.754.